The molecule has 0 amide bonds. The fraction of sp³-hybridized carbons (Fsp3) is 0.571. The van der Waals surface area contributed by atoms with Crippen molar-refractivity contribution in [1.29, 1.82) is 0 Å². The van der Waals surface area contributed by atoms with Crippen LogP contribution in [0.1, 0.15) is 36.8 Å². The molecule has 1 unspecified atom stereocenters. The lowest BCUT2D eigenvalue weighted by molar-refractivity contribution is 0.260. The number of aliphatic hydroxyl groups excluding tert-OH is 1. The molecule has 0 bridgehead atoms. The SMILES string of the molecule is CNCC(CO)c1ccc(C(C)C)cc1OC. The minimum Gasteiger partial charge on any atom is -0.496 e. The number of hydrogen-bond acceptors (Lipinski definition) is 3. The predicted octanol–water partition coefficient (Wildman–Crippen LogP) is 2.11. The maximum Gasteiger partial charge on any atom is 0.122 e. The first kappa shape index (κ1) is 14.0. The molecule has 0 fully saturated rings. The summed E-state index contributed by atoms with van der Waals surface area (Å²) in [4.78, 5) is 0. The van der Waals surface area contributed by atoms with Crippen molar-refractivity contribution in [3.05, 3.63) is 29.3 Å². The summed E-state index contributed by atoms with van der Waals surface area (Å²) in [7, 11) is 3.56. The lowest BCUT2D eigenvalue weighted by Crippen LogP contribution is -2.20. The number of aliphatic hydroxyl groups is 1. The van der Waals surface area contributed by atoms with Gasteiger partial charge < -0.3 is 15.2 Å². The van der Waals surface area contributed by atoms with E-state index in [9.17, 15) is 5.11 Å². The Kier molecular flexibility index (Phi) is 5.45. The van der Waals surface area contributed by atoms with Crippen molar-refractivity contribution in [3.63, 3.8) is 0 Å². The highest BCUT2D eigenvalue weighted by atomic mass is 16.5. The quantitative estimate of drug-likeness (QED) is 0.796. The van der Waals surface area contributed by atoms with Crippen LogP contribution in [-0.4, -0.2) is 32.4 Å². The van der Waals surface area contributed by atoms with E-state index < -0.39 is 0 Å². The Morgan fingerprint density at radius 2 is 2.06 bits per heavy atom. The molecule has 0 spiro atoms. The van der Waals surface area contributed by atoms with Crippen molar-refractivity contribution >= 4 is 0 Å². The number of nitrogens with one attached hydrogen (secondary N) is 1. The molecule has 0 aromatic heterocycles. The Hall–Kier alpha value is -1.06. The highest BCUT2D eigenvalue weighted by Crippen LogP contribution is 2.29. The molecule has 1 aromatic rings. The topological polar surface area (TPSA) is 41.5 Å². The summed E-state index contributed by atoms with van der Waals surface area (Å²) < 4.78 is 5.43. The number of rotatable bonds is 6. The molecule has 0 heterocycles. The van der Waals surface area contributed by atoms with Crippen LogP contribution in [0.25, 0.3) is 0 Å². The second-order valence-electron chi connectivity index (χ2n) is 4.59. The molecule has 0 aliphatic rings. The number of likely N-dealkylation sites (N-methyl/N-ethyl adjacent to an activating group) is 1. The standard InChI is InChI=1S/C14H23NO2/c1-10(2)11-5-6-13(14(7-11)17-4)12(9-16)8-15-3/h5-7,10,12,15-16H,8-9H2,1-4H3. The van der Waals surface area contributed by atoms with E-state index in [4.69, 9.17) is 4.74 Å². The van der Waals surface area contributed by atoms with E-state index in [1.54, 1.807) is 7.11 Å². The van der Waals surface area contributed by atoms with Crippen molar-refractivity contribution in [2.45, 2.75) is 25.7 Å². The minimum absolute atomic E-state index is 0.0798. The lowest BCUT2D eigenvalue weighted by Gasteiger charge is -2.19. The van der Waals surface area contributed by atoms with Gasteiger partial charge in [-0.05, 0) is 24.6 Å². The zero-order chi connectivity index (χ0) is 12.8. The second-order valence-corrected chi connectivity index (χ2v) is 4.59. The Bertz CT molecular complexity index is 350. The highest BCUT2D eigenvalue weighted by Gasteiger charge is 2.15. The maximum atomic E-state index is 9.41. The Balaban J connectivity index is 3.06. The second kappa shape index (κ2) is 6.62. The van der Waals surface area contributed by atoms with E-state index in [1.165, 1.54) is 5.56 Å². The molecule has 17 heavy (non-hydrogen) atoms. The molecule has 0 saturated heterocycles. The van der Waals surface area contributed by atoms with Crippen LogP contribution in [0.2, 0.25) is 0 Å². The van der Waals surface area contributed by atoms with Gasteiger partial charge in [0, 0.05) is 18.0 Å². The monoisotopic (exact) mass is 237 g/mol. The van der Waals surface area contributed by atoms with Gasteiger partial charge in [-0.2, -0.15) is 0 Å². The van der Waals surface area contributed by atoms with Gasteiger partial charge in [-0.1, -0.05) is 26.0 Å². The molecular weight excluding hydrogens is 214 g/mol. The molecule has 0 aliphatic carbocycles. The predicted molar refractivity (Wildman–Crippen MR) is 70.8 cm³/mol. The lowest BCUT2D eigenvalue weighted by atomic mass is 9.94. The Morgan fingerprint density at radius 1 is 1.35 bits per heavy atom. The van der Waals surface area contributed by atoms with Gasteiger partial charge >= 0.3 is 0 Å². The molecule has 2 N–H and O–H groups in total. The smallest absolute Gasteiger partial charge is 0.122 e. The van der Waals surface area contributed by atoms with Crippen LogP contribution >= 0.6 is 0 Å². The molecule has 3 nitrogen and oxygen atoms in total. The van der Waals surface area contributed by atoms with Gasteiger partial charge in [0.25, 0.3) is 0 Å². The van der Waals surface area contributed by atoms with E-state index in [0.29, 0.717) is 5.92 Å². The molecule has 1 atom stereocenters. The first-order valence-electron chi connectivity index (χ1n) is 6.07. The van der Waals surface area contributed by atoms with Gasteiger partial charge in [-0.25, -0.2) is 0 Å². The molecule has 3 heteroatoms. The third kappa shape index (κ3) is 3.45. The average Bonchev–Trinajstić information content (AvgIpc) is 2.35. The van der Waals surface area contributed by atoms with Crippen molar-refractivity contribution in [3.8, 4) is 5.75 Å². The largest absolute Gasteiger partial charge is 0.496 e. The van der Waals surface area contributed by atoms with Gasteiger partial charge in [0.15, 0.2) is 0 Å². The summed E-state index contributed by atoms with van der Waals surface area (Å²) in [6, 6.07) is 6.24. The average molecular weight is 237 g/mol. The van der Waals surface area contributed by atoms with Crippen LogP contribution in [0.4, 0.5) is 0 Å². The van der Waals surface area contributed by atoms with E-state index in [0.717, 1.165) is 17.9 Å². The van der Waals surface area contributed by atoms with Crippen LogP contribution in [0.3, 0.4) is 0 Å². The molecule has 0 aliphatic heterocycles. The van der Waals surface area contributed by atoms with Crippen LogP contribution in [-0.2, 0) is 0 Å². The molecule has 1 aromatic carbocycles. The molecule has 0 radical (unpaired) electrons. The third-order valence-electron chi connectivity index (χ3n) is 3.03. The van der Waals surface area contributed by atoms with Gasteiger partial charge in [0.1, 0.15) is 5.75 Å². The minimum atomic E-state index is 0.0798. The van der Waals surface area contributed by atoms with Gasteiger partial charge in [-0.15, -0.1) is 0 Å². The fourth-order valence-corrected chi connectivity index (χ4v) is 1.94. The van der Waals surface area contributed by atoms with E-state index >= 15 is 0 Å². The summed E-state index contributed by atoms with van der Waals surface area (Å²) >= 11 is 0. The summed E-state index contributed by atoms with van der Waals surface area (Å²) in [5, 5.41) is 12.5. The number of methoxy groups -OCH3 is 1. The Labute approximate surface area is 104 Å². The molecular formula is C14H23NO2. The first-order valence-corrected chi connectivity index (χ1v) is 6.07. The van der Waals surface area contributed by atoms with Crippen molar-refractivity contribution in [2.75, 3.05) is 27.3 Å². The summed E-state index contributed by atoms with van der Waals surface area (Å²) in [6.45, 7) is 5.18. The fourth-order valence-electron chi connectivity index (χ4n) is 1.94. The molecule has 0 saturated carbocycles. The van der Waals surface area contributed by atoms with Crippen molar-refractivity contribution < 1.29 is 9.84 Å². The van der Waals surface area contributed by atoms with Gasteiger partial charge in [0.2, 0.25) is 0 Å². The summed E-state index contributed by atoms with van der Waals surface area (Å²) in [5.74, 6) is 1.43. The molecule has 1 rings (SSSR count). The van der Waals surface area contributed by atoms with Crippen molar-refractivity contribution in [2.24, 2.45) is 0 Å². The van der Waals surface area contributed by atoms with Gasteiger partial charge in [-0.3, -0.25) is 0 Å². The first-order chi connectivity index (χ1) is 8.13. The zero-order valence-corrected chi connectivity index (χ0v) is 11.2. The number of ether oxygens (including phenoxy) is 1. The van der Waals surface area contributed by atoms with Gasteiger partial charge in [0.05, 0.1) is 13.7 Å². The van der Waals surface area contributed by atoms with Crippen LogP contribution in [0, 0.1) is 0 Å². The number of hydrogen-bond donors (Lipinski definition) is 2. The van der Waals surface area contributed by atoms with E-state index in [-0.39, 0.29) is 12.5 Å². The normalized spacial score (nSPS) is 12.8. The highest BCUT2D eigenvalue weighted by molar-refractivity contribution is 5.41. The zero-order valence-electron chi connectivity index (χ0n) is 11.2. The summed E-state index contributed by atoms with van der Waals surface area (Å²) in [6.07, 6.45) is 0. The van der Waals surface area contributed by atoms with E-state index in [2.05, 4.69) is 37.4 Å². The van der Waals surface area contributed by atoms with E-state index in [1.807, 2.05) is 7.05 Å². The van der Waals surface area contributed by atoms with Crippen LogP contribution in [0.15, 0.2) is 18.2 Å². The number of benzene rings is 1. The maximum absolute atomic E-state index is 9.41. The molecule has 96 valence electrons. The van der Waals surface area contributed by atoms with Crippen LogP contribution in [0.5, 0.6) is 5.75 Å². The van der Waals surface area contributed by atoms with Crippen molar-refractivity contribution in [1.82, 2.24) is 5.32 Å². The Morgan fingerprint density at radius 3 is 2.53 bits per heavy atom. The third-order valence-corrected chi connectivity index (χ3v) is 3.03. The van der Waals surface area contributed by atoms with Crippen LogP contribution < -0.4 is 10.1 Å². The summed E-state index contributed by atoms with van der Waals surface area (Å²) in [5.41, 5.74) is 2.32.